The Morgan fingerprint density at radius 1 is 1.18 bits per heavy atom. The lowest BCUT2D eigenvalue weighted by Crippen LogP contribution is -2.16. The van der Waals surface area contributed by atoms with E-state index in [-0.39, 0.29) is 6.61 Å². The molecule has 0 fully saturated rings. The summed E-state index contributed by atoms with van der Waals surface area (Å²) in [5, 5.41) is 0. The maximum Gasteiger partial charge on any atom is 0.411 e. The van der Waals surface area contributed by atoms with Crippen molar-refractivity contribution in [1.29, 1.82) is 0 Å². The fourth-order valence-electron chi connectivity index (χ4n) is 1.04. The molecule has 0 spiro atoms. The van der Waals surface area contributed by atoms with E-state index in [1.54, 1.807) is 0 Å². The predicted octanol–water partition coefficient (Wildman–Crippen LogP) is 1.67. The second-order valence-corrected chi connectivity index (χ2v) is 4.59. The minimum atomic E-state index is -4.53. The first-order chi connectivity index (χ1) is 7.68. The molecular formula is C9H8F3O4S-. The van der Waals surface area contributed by atoms with E-state index < -0.39 is 27.8 Å². The molecule has 17 heavy (non-hydrogen) atoms. The molecule has 0 aliphatic heterocycles. The largest absolute Gasteiger partial charge is 0.744 e. The lowest BCUT2D eigenvalue weighted by molar-refractivity contribution is -0.176. The van der Waals surface area contributed by atoms with Crippen molar-refractivity contribution in [3.63, 3.8) is 0 Å². The fraction of sp³-hybridized carbons (Fsp3) is 0.333. The lowest BCUT2D eigenvalue weighted by atomic mass is 10.2. The van der Waals surface area contributed by atoms with Crippen LogP contribution < -0.4 is 0 Å². The van der Waals surface area contributed by atoms with Crippen LogP contribution >= 0.6 is 0 Å². The van der Waals surface area contributed by atoms with Gasteiger partial charge in [-0.15, -0.1) is 0 Å². The molecule has 1 rings (SSSR count). The Hall–Kier alpha value is -1.12. The summed E-state index contributed by atoms with van der Waals surface area (Å²) in [5.41, 5.74) is 0.349. The third kappa shape index (κ3) is 5.16. The van der Waals surface area contributed by atoms with Crippen molar-refractivity contribution < 1.29 is 30.9 Å². The molecule has 1 aromatic rings. The Morgan fingerprint density at radius 3 is 2.12 bits per heavy atom. The Balaban J connectivity index is 2.58. The molecule has 96 valence electrons. The van der Waals surface area contributed by atoms with E-state index in [0.29, 0.717) is 5.56 Å². The summed E-state index contributed by atoms with van der Waals surface area (Å²) in [4.78, 5) is -0.433. The first-order valence-corrected chi connectivity index (χ1v) is 5.79. The van der Waals surface area contributed by atoms with Gasteiger partial charge < -0.3 is 9.29 Å². The fourth-order valence-corrected chi connectivity index (χ4v) is 1.51. The lowest BCUT2D eigenvalue weighted by Gasteiger charge is -2.09. The van der Waals surface area contributed by atoms with E-state index in [4.69, 9.17) is 0 Å². The van der Waals surface area contributed by atoms with Crippen LogP contribution in [0.25, 0.3) is 0 Å². The maximum absolute atomic E-state index is 11.7. The molecular weight excluding hydrogens is 261 g/mol. The van der Waals surface area contributed by atoms with Crippen LogP contribution in [0.1, 0.15) is 5.56 Å². The van der Waals surface area contributed by atoms with Crippen molar-refractivity contribution >= 4 is 10.1 Å². The predicted molar refractivity (Wildman–Crippen MR) is 50.1 cm³/mol. The van der Waals surface area contributed by atoms with Gasteiger partial charge in [-0.1, -0.05) is 12.1 Å². The van der Waals surface area contributed by atoms with E-state index in [1.165, 1.54) is 12.1 Å². The number of hydrogen-bond donors (Lipinski definition) is 0. The van der Waals surface area contributed by atoms with Crippen LogP contribution in [0.4, 0.5) is 13.2 Å². The van der Waals surface area contributed by atoms with Crippen molar-refractivity contribution in [3.05, 3.63) is 29.8 Å². The van der Waals surface area contributed by atoms with E-state index in [9.17, 15) is 26.1 Å². The van der Waals surface area contributed by atoms with Gasteiger partial charge in [0.15, 0.2) is 0 Å². The normalized spacial score (nSPS) is 12.7. The quantitative estimate of drug-likeness (QED) is 0.780. The van der Waals surface area contributed by atoms with Crippen molar-refractivity contribution in [3.8, 4) is 0 Å². The summed E-state index contributed by atoms with van der Waals surface area (Å²) in [5.74, 6) is 0. The van der Waals surface area contributed by atoms with Gasteiger partial charge in [0.25, 0.3) is 0 Å². The highest BCUT2D eigenvalue weighted by Gasteiger charge is 2.27. The van der Waals surface area contributed by atoms with Crippen LogP contribution in [0, 0.1) is 0 Å². The average Bonchev–Trinajstić information content (AvgIpc) is 2.15. The van der Waals surface area contributed by atoms with Gasteiger partial charge in [0.1, 0.15) is 16.7 Å². The highest BCUT2D eigenvalue weighted by atomic mass is 32.2. The number of alkyl halides is 3. The van der Waals surface area contributed by atoms with E-state index >= 15 is 0 Å². The van der Waals surface area contributed by atoms with Gasteiger partial charge in [0, 0.05) is 0 Å². The molecule has 0 amide bonds. The molecule has 0 bridgehead atoms. The van der Waals surface area contributed by atoms with Crippen molar-refractivity contribution in [1.82, 2.24) is 0 Å². The van der Waals surface area contributed by atoms with Gasteiger partial charge in [-0.2, -0.15) is 13.2 Å². The molecule has 4 nitrogen and oxygen atoms in total. The van der Waals surface area contributed by atoms with Crippen LogP contribution in [0.2, 0.25) is 0 Å². The minimum absolute atomic E-state index is 0.307. The first-order valence-electron chi connectivity index (χ1n) is 4.38. The molecule has 0 heterocycles. The Kier molecular flexibility index (Phi) is 4.12. The number of benzene rings is 1. The average molecular weight is 269 g/mol. The molecule has 0 aromatic heterocycles. The van der Waals surface area contributed by atoms with Gasteiger partial charge >= 0.3 is 6.18 Å². The van der Waals surface area contributed by atoms with Crippen LogP contribution in [0.5, 0.6) is 0 Å². The number of halogens is 3. The van der Waals surface area contributed by atoms with Crippen LogP contribution in [-0.2, 0) is 21.5 Å². The second-order valence-electron chi connectivity index (χ2n) is 3.21. The minimum Gasteiger partial charge on any atom is -0.744 e. The second kappa shape index (κ2) is 5.03. The Labute approximate surface area is 95.8 Å². The monoisotopic (exact) mass is 269 g/mol. The zero-order valence-corrected chi connectivity index (χ0v) is 9.22. The third-order valence-corrected chi connectivity index (χ3v) is 2.60. The zero-order valence-electron chi connectivity index (χ0n) is 8.40. The molecule has 8 heteroatoms. The molecule has 0 N–H and O–H groups in total. The van der Waals surface area contributed by atoms with E-state index in [1.807, 2.05) is 0 Å². The topological polar surface area (TPSA) is 66.4 Å². The number of ether oxygens (including phenoxy) is 1. The molecule has 0 atom stereocenters. The molecule has 0 saturated carbocycles. The standard InChI is InChI=1S/C9H9F3O4S/c10-9(11,12)6-16-5-7-1-3-8(4-2-7)17(13,14)15/h1-4H,5-6H2,(H,13,14,15)/p-1. The summed E-state index contributed by atoms with van der Waals surface area (Å²) in [7, 11) is -4.53. The number of hydrogen-bond acceptors (Lipinski definition) is 4. The van der Waals surface area contributed by atoms with Crippen molar-refractivity contribution in [2.75, 3.05) is 6.61 Å². The molecule has 0 saturated heterocycles. The van der Waals surface area contributed by atoms with E-state index in [0.717, 1.165) is 12.1 Å². The first kappa shape index (κ1) is 13.9. The molecule has 0 aliphatic rings. The van der Waals surface area contributed by atoms with Gasteiger partial charge in [-0.25, -0.2) is 8.42 Å². The molecule has 0 unspecified atom stereocenters. The van der Waals surface area contributed by atoms with Crippen LogP contribution in [0.15, 0.2) is 29.2 Å². The van der Waals surface area contributed by atoms with Crippen molar-refractivity contribution in [2.24, 2.45) is 0 Å². The Morgan fingerprint density at radius 2 is 1.71 bits per heavy atom. The van der Waals surface area contributed by atoms with Gasteiger partial charge in [0.05, 0.1) is 11.5 Å². The molecule has 0 radical (unpaired) electrons. The maximum atomic E-state index is 11.7. The molecule has 1 aromatic carbocycles. The van der Waals surface area contributed by atoms with Gasteiger partial charge in [-0.3, -0.25) is 0 Å². The summed E-state index contributed by atoms with van der Waals surface area (Å²) in [6.07, 6.45) is -4.40. The number of rotatable bonds is 4. The smallest absolute Gasteiger partial charge is 0.411 e. The highest BCUT2D eigenvalue weighted by molar-refractivity contribution is 7.85. The van der Waals surface area contributed by atoms with Gasteiger partial charge in [-0.05, 0) is 17.7 Å². The summed E-state index contributed by atoms with van der Waals surface area (Å²) < 4.78 is 71.2. The van der Waals surface area contributed by atoms with E-state index in [2.05, 4.69) is 4.74 Å². The van der Waals surface area contributed by atoms with Crippen LogP contribution in [0.3, 0.4) is 0 Å². The summed E-state index contributed by atoms with van der Waals surface area (Å²) in [6.45, 7) is -1.69. The summed E-state index contributed by atoms with van der Waals surface area (Å²) >= 11 is 0. The SMILES string of the molecule is O=S(=O)([O-])c1ccc(COCC(F)(F)F)cc1. The van der Waals surface area contributed by atoms with Gasteiger partial charge in [0.2, 0.25) is 0 Å². The summed E-state index contributed by atoms with van der Waals surface area (Å²) in [6, 6.07) is 4.49. The molecule has 0 aliphatic carbocycles. The zero-order chi connectivity index (χ0) is 13.1. The Bertz CT molecular complexity index is 464. The van der Waals surface area contributed by atoms with Crippen molar-refractivity contribution in [2.45, 2.75) is 17.7 Å². The third-order valence-electron chi connectivity index (χ3n) is 1.75. The van der Waals surface area contributed by atoms with Crippen LogP contribution in [-0.4, -0.2) is 25.8 Å². The highest BCUT2D eigenvalue weighted by Crippen LogP contribution is 2.16.